The molecule has 0 unspecified atom stereocenters. The van der Waals surface area contributed by atoms with Crippen LogP contribution in [0.25, 0.3) is 22.0 Å². The van der Waals surface area contributed by atoms with E-state index in [9.17, 15) is 9.18 Å². The van der Waals surface area contributed by atoms with Crippen LogP contribution in [0, 0.1) is 12.7 Å². The fourth-order valence-electron chi connectivity index (χ4n) is 2.68. The molecule has 0 radical (unpaired) electrons. The Balaban J connectivity index is 1.35. The Labute approximate surface area is 169 Å². The van der Waals surface area contributed by atoms with Gasteiger partial charge >= 0.3 is 0 Å². The summed E-state index contributed by atoms with van der Waals surface area (Å²) in [7, 11) is 0. The molecule has 0 aliphatic heterocycles. The Bertz CT molecular complexity index is 1160. The minimum absolute atomic E-state index is 0.143. The van der Waals surface area contributed by atoms with Gasteiger partial charge in [0.15, 0.2) is 5.01 Å². The van der Waals surface area contributed by atoms with Gasteiger partial charge in [-0.15, -0.1) is 10.2 Å². The number of aromatic nitrogens is 4. The summed E-state index contributed by atoms with van der Waals surface area (Å²) in [5.41, 5.74) is 2.30. The van der Waals surface area contributed by atoms with Crippen LogP contribution in [-0.2, 0) is 11.2 Å². The molecule has 7 nitrogen and oxygen atoms in total. The Hall–Kier alpha value is -3.46. The van der Waals surface area contributed by atoms with Crippen LogP contribution >= 0.6 is 11.3 Å². The lowest BCUT2D eigenvalue weighted by Gasteiger charge is -1.98. The molecule has 0 saturated carbocycles. The van der Waals surface area contributed by atoms with Gasteiger partial charge < -0.3 is 9.84 Å². The van der Waals surface area contributed by atoms with Gasteiger partial charge in [-0.2, -0.15) is 4.98 Å². The van der Waals surface area contributed by atoms with E-state index in [4.69, 9.17) is 4.52 Å². The fourth-order valence-corrected chi connectivity index (χ4v) is 3.46. The minimum Gasteiger partial charge on any atom is -0.339 e. The molecule has 1 amide bonds. The summed E-state index contributed by atoms with van der Waals surface area (Å²) in [5.74, 6) is 0.211. The first-order valence-corrected chi connectivity index (χ1v) is 9.68. The van der Waals surface area contributed by atoms with Gasteiger partial charge in [-0.05, 0) is 25.1 Å². The highest BCUT2D eigenvalue weighted by Gasteiger charge is 2.14. The number of carbonyl (C=O) groups is 1. The van der Waals surface area contributed by atoms with Gasteiger partial charge in [0, 0.05) is 24.0 Å². The molecule has 146 valence electrons. The molecule has 2 heterocycles. The summed E-state index contributed by atoms with van der Waals surface area (Å²) >= 11 is 1.11. The van der Waals surface area contributed by atoms with Gasteiger partial charge in [-0.3, -0.25) is 4.79 Å². The Morgan fingerprint density at radius 1 is 1.17 bits per heavy atom. The first-order chi connectivity index (χ1) is 14.1. The average Bonchev–Trinajstić information content (AvgIpc) is 3.36. The molecule has 0 atom stereocenters. The normalized spacial score (nSPS) is 10.8. The lowest BCUT2D eigenvalue weighted by atomic mass is 10.1. The van der Waals surface area contributed by atoms with Crippen LogP contribution in [0.2, 0.25) is 0 Å². The number of amides is 1. The van der Waals surface area contributed by atoms with Gasteiger partial charge in [0.2, 0.25) is 22.8 Å². The van der Waals surface area contributed by atoms with Gasteiger partial charge in [0.1, 0.15) is 5.82 Å². The van der Waals surface area contributed by atoms with E-state index in [0.717, 1.165) is 22.5 Å². The van der Waals surface area contributed by atoms with E-state index in [2.05, 4.69) is 25.7 Å². The highest BCUT2D eigenvalue weighted by Crippen LogP contribution is 2.28. The Kier molecular flexibility index (Phi) is 5.39. The minimum atomic E-state index is -0.387. The molecular formula is C20H16FN5O2S. The molecule has 9 heteroatoms. The molecule has 0 spiro atoms. The molecule has 0 saturated heterocycles. The third-order valence-electron chi connectivity index (χ3n) is 4.09. The molecule has 4 rings (SSSR count). The third kappa shape index (κ3) is 4.52. The van der Waals surface area contributed by atoms with Crippen molar-refractivity contribution in [3.8, 4) is 22.0 Å². The largest absolute Gasteiger partial charge is 0.339 e. The topological polar surface area (TPSA) is 93.8 Å². The molecule has 29 heavy (non-hydrogen) atoms. The van der Waals surface area contributed by atoms with E-state index in [1.54, 1.807) is 18.2 Å². The molecule has 4 aromatic rings. The molecule has 1 N–H and O–H groups in total. The fraction of sp³-hybridized carbons (Fsp3) is 0.150. The zero-order valence-corrected chi connectivity index (χ0v) is 16.2. The van der Waals surface area contributed by atoms with Crippen molar-refractivity contribution in [2.24, 2.45) is 0 Å². The molecular weight excluding hydrogens is 393 g/mol. The van der Waals surface area contributed by atoms with Crippen molar-refractivity contribution >= 4 is 22.4 Å². The molecule has 0 bridgehead atoms. The van der Waals surface area contributed by atoms with E-state index in [0.29, 0.717) is 33.8 Å². The van der Waals surface area contributed by atoms with Crippen LogP contribution in [0.15, 0.2) is 53.1 Å². The number of nitrogens with one attached hydrogen (secondary N) is 1. The first kappa shape index (κ1) is 18.9. The number of rotatable bonds is 6. The molecule has 0 aliphatic carbocycles. The average molecular weight is 409 g/mol. The number of carbonyl (C=O) groups excluding carboxylic acids is 1. The van der Waals surface area contributed by atoms with Crippen LogP contribution in [0.5, 0.6) is 0 Å². The third-order valence-corrected chi connectivity index (χ3v) is 4.96. The lowest BCUT2D eigenvalue weighted by Crippen LogP contribution is -2.12. The predicted molar refractivity (Wildman–Crippen MR) is 107 cm³/mol. The predicted octanol–water partition coefficient (Wildman–Crippen LogP) is 4.27. The smallest absolute Gasteiger partial charge is 0.227 e. The number of benzene rings is 2. The summed E-state index contributed by atoms with van der Waals surface area (Å²) in [6, 6.07) is 14.1. The first-order valence-electron chi connectivity index (χ1n) is 8.86. The summed E-state index contributed by atoms with van der Waals surface area (Å²) in [6.45, 7) is 1.99. The van der Waals surface area contributed by atoms with Gasteiger partial charge in [-0.25, -0.2) is 4.39 Å². The van der Waals surface area contributed by atoms with Crippen molar-refractivity contribution in [1.82, 2.24) is 20.3 Å². The second-order valence-corrected chi connectivity index (χ2v) is 7.30. The molecule has 2 aromatic carbocycles. The number of hydrogen-bond acceptors (Lipinski definition) is 7. The number of anilines is 1. The molecule has 0 aliphatic rings. The van der Waals surface area contributed by atoms with E-state index in [1.165, 1.54) is 6.07 Å². The summed E-state index contributed by atoms with van der Waals surface area (Å²) in [4.78, 5) is 16.5. The Morgan fingerprint density at radius 3 is 2.86 bits per heavy atom. The van der Waals surface area contributed by atoms with Gasteiger partial charge in [-0.1, -0.05) is 52.4 Å². The van der Waals surface area contributed by atoms with Crippen LogP contribution in [-0.4, -0.2) is 26.2 Å². The number of hydrogen-bond donors (Lipinski definition) is 1. The van der Waals surface area contributed by atoms with Crippen LogP contribution < -0.4 is 5.32 Å². The van der Waals surface area contributed by atoms with Crippen molar-refractivity contribution in [2.45, 2.75) is 19.8 Å². The maximum Gasteiger partial charge on any atom is 0.227 e. The standard InChI is InChI=1S/C20H16FN5O2S/c1-12-5-4-6-13(11-12)18-23-17(28-26-18)10-9-16(27)22-20-25-24-19(29-20)14-7-2-3-8-15(14)21/h2-8,11H,9-10H2,1H3,(H,22,25,27). The molecule has 0 fully saturated rings. The highest BCUT2D eigenvalue weighted by molar-refractivity contribution is 7.18. The quantitative estimate of drug-likeness (QED) is 0.511. The van der Waals surface area contributed by atoms with E-state index < -0.39 is 0 Å². The van der Waals surface area contributed by atoms with Crippen LogP contribution in [0.1, 0.15) is 17.9 Å². The number of halogens is 1. The summed E-state index contributed by atoms with van der Waals surface area (Å²) < 4.78 is 19.1. The second kappa shape index (κ2) is 8.27. The maximum atomic E-state index is 13.8. The van der Waals surface area contributed by atoms with E-state index in [-0.39, 0.29) is 18.1 Å². The van der Waals surface area contributed by atoms with Crippen LogP contribution in [0.3, 0.4) is 0 Å². The van der Waals surface area contributed by atoms with Crippen molar-refractivity contribution < 1.29 is 13.7 Å². The van der Waals surface area contributed by atoms with E-state index >= 15 is 0 Å². The Morgan fingerprint density at radius 2 is 2.03 bits per heavy atom. The highest BCUT2D eigenvalue weighted by atomic mass is 32.1. The lowest BCUT2D eigenvalue weighted by molar-refractivity contribution is -0.116. The van der Waals surface area contributed by atoms with E-state index in [1.807, 2.05) is 31.2 Å². The van der Waals surface area contributed by atoms with Crippen molar-refractivity contribution in [3.63, 3.8) is 0 Å². The van der Waals surface area contributed by atoms with Crippen molar-refractivity contribution in [2.75, 3.05) is 5.32 Å². The summed E-state index contributed by atoms with van der Waals surface area (Å²) in [6.07, 6.45) is 0.438. The van der Waals surface area contributed by atoms with Crippen LogP contribution in [0.4, 0.5) is 9.52 Å². The van der Waals surface area contributed by atoms with Crippen molar-refractivity contribution in [3.05, 3.63) is 65.8 Å². The van der Waals surface area contributed by atoms with Crippen molar-refractivity contribution in [1.29, 1.82) is 0 Å². The molecule has 2 aromatic heterocycles. The SMILES string of the molecule is Cc1cccc(-c2noc(CCC(=O)Nc3nnc(-c4ccccc4F)s3)n2)c1. The van der Waals surface area contributed by atoms with Gasteiger partial charge in [0.25, 0.3) is 0 Å². The zero-order valence-electron chi connectivity index (χ0n) is 15.4. The zero-order chi connectivity index (χ0) is 20.2. The number of nitrogens with zero attached hydrogens (tertiary/aromatic N) is 4. The number of aryl methyl sites for hydroxylation is 2. The summed E-state index contributed by atoms with van der Waals surface area (Å²) in [5, 5.41) is 15.2. The monoisotopic (exact) mass is 409 g/mol. The second-order valence-electron chi connectivity index (χ2n) is 6.32. The maximum absolute atomic E-state index is 13.8. The van der Waals surface area contributed by atoms with Gasteiger partial charge in [0.05, 0.1) is 0 Å².